The van der Waals surface area contributed by atoms with Crippen molar-refractivity contribution in [1.29, 1.82) is 0 Å². The van der Waals surface area contributed by atoms with Crippen LogP contribution in [0, 0.1) is 0 Å². The van der Waals surface area contributed by atoms with Crippen LogP contribution in [-0.4, -0.2) is 46.8 Å². The molecule has 26 heavy (non-hydrogen) atoms. The van der Waals surface area contributed by atoms with E-state index in [2.05, 4.69) is 32.0 Å². The van der Waals surface area contributed by atoms with E-state index in [-0.39, 0.29) is 30.8 Å². The topological polar surface area (TPSA) is 101 Å². The van der Waals surface area contributed by atoms with E-state index >= 15 is 0 Å². The van der Waals surface area contributed by atoms with Crippen LogP contribution >= 0.6 is 0 Å². The molecule has 0 aromatic carbocycles. The molecule has 0 saturated carbocycles. The van der Waals surface area contributed by atoms with Crippen molar-refractivity contribution in [2.24, 2.45) is 4.99 Å². The van der Waals surface area contributed by atoms with E-state index < -0.39 is 11.9 Å². The first kappa shape index (κ1) is 17.6. The number of aromatic nitrogens is 3. The van der Waals surface area contributed by atoms with Crippen LogP contribution in [0.5, 0.6) is 5.88 Å². The number of halogens is 1. The Hall–Kier alpha value is -3.23. The number of amides is 1. The third-order valence-electron chi connectivity index (χ3n) is 3.71. The van der Waals surface area contributed by atoms with E-state index in [1.807, 2.05) is 0 Å². The predicted molar refractivity (Wildman–Crippen MR) is 93.7 cm³/mol. The Morgan fingerprint density at radius 3 is 3.08 bits per heavy atom. The molecule has 1 aliphatic rings. The number of aromatic amines is 1. The zero-order valence-corrected chi connectivity index (χ0v) is 14.4. The summed E-state index contributed by atoms with van der Waals surface area (Å²) in [5.41, 5.74) is 1.56. The molecule has 1 atom stereocenters. The first-order valence-corrected chi connectivity index (χ1v) is 7.96. The second-order valence-electron chi connectivity index (χ2n) is 5.62. The van der Waals surface area contributed by atoms with Gasteiger partial charge in [-0.05, 0) is 26.6 Å². The second kappa shape index (κ2) is 7.34. The van der Waals surface area contributed by atoms with E-state index in [0.717, 1.165) is 0 Å². The normalized spacial score (nSPS) is 21.9. The van der Waals surface area contributed by atoms with Crippen molar-refractivity contribution in [2.45, 2.75) is 20.0 Å². The number of H-pyrrole nitrogens is 1. The van der Waals surface area contributed by atoms with Crippen LogP contribution in [0.25, 0.3) is 11.2 Å². The van der Waals surface area contributed by atoms with Gasteiger partial charge in [0.2, 0.25) is 11.8 Å². The summed E-state index contributed by atoms with van der Waals surface area (Å²) in [7, 11) is 0. The number of nitrogens with zero attached hydrogens (tertiary/aromatic N) is 3. The number of ether oxygens (including phenoxy) is 2. The molecule has 8 nitrogen and oxygen atoms in total. The van der Waals surface area contributed by atoms with Crippen LogP contribution in [0.4, 0.5) is 4.39 Å². The number of hydrogen-bond acceptors (Lipinski definition) is 6. The minimum absolute atomic E-state index is 0.123. The highest BCUT2D eigenvalue weighted by molar-refractivity contribution is 6.04. The lowest BCUT2D eigenvalue weighted by atomic mass is 10.1. The Morgan fingerprint density at radius 1 is 1.54 bits per heavy atom. The van der Waals surface area contributed by atoms with Gasteiger partial charge in [0.1, 0.15) is 18.2 Å². The van der Waals surface area contributed by atoms with Gasteiger partial charge >= 0.3 is 0 Å². The van der Waals surface area contributed by atoms with Crippen molar-refractivity contribution in [3.05, 3.63) is 41.3 Å². The van der Waals surface area contributed by atoms with Crippen molar-refractivity contribution in [3.8, 4) is 5.88 Å². The predicted octanol–water partition coefficient (Wildman–Crippen LogP) is 2.27. The van der Waals surface area contributed by atoms with Gasteiger partial charge < -0.3 is 19.8 Å². The summed E-state index contributed by atoms with van der Waals surface area (Å²) >= 11 is 0. The van der Waals surface area contributed by atoms with Crippen molar-refractivity contribution in [3.63, 3.8) is 0 Å². The summed E-state index contributed by atoms with van der Waals surface area (Å²) < 4.78 is 24.9. The molecule has 0 aliphatic carbocycles. The molecule has 1 aliphatic heterocycles. The van der Waals surface area contributed by atoms with E-state index in [1.54, 1.807) is 6.92 Å². The fraction of sp³-hybridized carbons (Fsp3) is 0.294. The maximum Gasteiger partial charge on any atom is 0.255 e. The van der Waals surface area contributed by atoms with E-state index in [9.17, 15) is 9.18 Å². The molecule has 0 spiro atoms. The highest BCUT2D eigenvalue weighted by Crippen LogP contribution is 2.23. The highest BCUT2D eigenvalue weighted by atomic mass is 19.1. The van der Waals surface area contributed by atoms with Gasteiger partial charge in [-0.15, -0.1) is 0 Å². The number of nitrogens with one attached hydrogen (secondary N) is 2. The maximum absolute atomic E-state index is 13.5. The second-order valence-corrected chi connectivity index (χ2v) is 5.62. The van der Waals surface area contributed by atoms with Crippen LogP contribution in [0.3, 0.4) is 0 Å². The third kappa shape index (κ3) is 3.56. The van der Waals surface area contributed by atoms with Crippen molar-refractivity contribution in [1.82, 2.24) is 20.3 Å². The Kier molecular flexibility index (Phi) is 4.97. The quantitative estimate of drug-likeness (QED) is 0.801. The fourth-order valence-electron chi connectivity index (χ4n) is 2.54. The summed E-state index contributed by atoms with van der Waals surface area (Å²) in [5, 5.41) is 2.72. The van der Waals surface area contributed by atoms with Gasteiger partial charge in [-0.25, -0.2) is 19.4 Å². The van der Waals surface area contributed by atoms with Crippen molar-refractivity contribution < 1.29 is 18.7 Å². The maximum atomic E-state index is 13.5. The molecule has 0 unspecified atom stereocenters. The zero-order valence-electron chi connectivity index (χ0n) is 14.4. The van der Waals surface area contributed by atoms with Gasteiger partial charge in [-0.2, -0.15) is 0 Å². The molecule has 0 saturated heterocycles. The van der Waals surface area contributed by atoms with Crippen LogP contribution < -0.4 is 10.1 Å². The first-order valence-electron chi connectivity index (χ1n) is 7.96. The number of allylic oxidation sites excluding steroid dienone is 1. The zero-order chi connectivity index (χ0) is 18.7. The van der Waals surface area contributed by atoms with Gasteiger partial charge in [0.15, 0.2) is 5.65 Å². The molecule has 2 bridgehead atoms. The fourth-order valence-corrected chi connectivity index (χ4v) is 2.54. The SMILES string of the molecule is C=N/C1=C(\C=C(/C)F)[C@@H](C)Oc2cnc3[nH]cc(c3n2)C(=O)NCCO1. The molecular weight excluding hydrogens is 341 g/mol. The number of hydrogen-bond donors (Lipinski definition) is 2. The summed E-state index contributed by atoms with van der Waals surface area (Å²) in [4.78, 5) is 27.6. The van der Waals surface area contributed by atoms with E-state index in [0.29, 0.717) is 22.3 Å². The van der Waals surface area contributed by atoms with Crippen molar-refractivity contribution in [2.75, 3.05) is 13.2 Å². The number of aliphatic imine (C=N–C) groups is 1. The van der Waals surface area contributed by atoms with E-state index in [1.165, 1.54) is 25.4 Å². The molecule has 1 amide bonds. The highest BCUT2D eigenvalue weighted by Gasteiger charge is 2.20. The van der Waals surface area contributed by atoms with Gasteiger partial charge in [0, 0.05) is 6.20 Å². The molecule has 2 N–H and O–H groups in total. The summed E-state index contributed by atoms with van der Waals surface area (Å²) in [6.45, 7) is 6.82. The lowest BCUT2D eigenvalue weighted by molar-refractivity contribution is 0.0939. The van der Waals surface area contributed by atoms with Gasteiger partial charge in [-0.1, -0.05) is 0 Å². The van der Waals surface area contributed by atoms with Crippen LogP contribution in [0.2, 0.25) is 0 Å². The van der Waals surface area contributed by atoms with Gasteiger partial charge in [0.25, 0.3) is 5.91 Å². The molecule has 0 radical (unpaired) electrons. The summed E-state index contributed by atoms with van der Waals surface area (Å²) in [5.74, 6) is -0.455. The molecule has 2 aromatic rings. The summed E-state index contributed by atoms with van der Waals surface area (Å²) in [6, 6.07) is 0. The van der Waals surface area contributed by atoms with Crippen LogP contribution in [0.15, 0.2) is 40.7 Å². The van der Waals surface area contributed by atoms with Crippen molar-refractivity contribution >= 4 is 23.8 Å². The average molecular weight is 359 g/mol. The number of fused-ring (bicyclic) bond motifs is 1. The van der Waals surface area contributed by atoms with Gasteiger partial charge in [-0.3, -0.25) is 4.79 Å². The smallest absolute Gasteiger partial charge is 0.255 e. The number of rotatable bonds is 2. The lowest BCUT2D eigenvalue weighted by Gasteiger charge is -2.17. The first-order chi connectivity index (χ1) is 12.5. The Bertz CT molecular complexity index is 914. The molecule has 3 heterocycles. The van der Waals surface area contributed by atoms with Crippen LogP contribution in [0.1, 0.15) is 24.2 Å². The molecule has 3 rings (SSSR count). The third-order valence-corrected chi connectivity index (χ3v) is 3.71. The van der Waals surface area contributed by atoms with E-state index in [4.69, 9.17) is 9.47 Å². The number of carbonyl (C=O) groups is 1. The molecule has 0 fully saturated rings. The molecule has 9 heteroatoms. The average Bonchev–Trinajstić information content (AvgIpc) is 3.02. The minimum atomic E-state index is -0.639. The minimum Gasteiger partial charge on any atom is -0.476 e. The monoisotopic (exact) mass is 359 g/mol. The molecular formula is C17H18FN5O3. The lowest BCUT2D eigenvalue weighted by Crippen LogP contribution is -2.27. The van der Waals surface area contributed by atoms with Crippen LogP contribution in [-0.2, 0) is 4.74 Å². The molecule has 2 aromatic heterocycles. The molecule has 136 valence electrons. The Morgan fingerprint density at radius 2 is 2.35 bits per heavy atom. The standard InChI is InChI=1S/C17H18FN5O3/c1-9(18)6-11-10(2)26-13-8-22-15-14(23-13)12(7-21-15)16(24)20-4-5-25-17(11)19-3/h6-8,10H,3-5H2,1-2H3,(H,20,24)(H,21,22)/b9-6+,17-11-/t10-/m1/s1. The largest absolute Gasteiger partial charge is 0.476 e. The Balaban J connectivity index is 2.09. The number of carbonyl (C=O) groups excluding carboxylic acids is 1. The summed E-state index contributed by atoms with van der Waals surface area (Å²) in [6.07, 6.45) is 3.58. The Labute approximate surface area is 148 Å². The van der Waals surface area contributed by atoms with Gasteiger partial charge in [0.05, 0.1) is 29.7 Å².